The van der Waals surface area contributed by atoms with E-state index < -0.39 is 0 Å². The van der Waals surface area contributed by atoms with Gasteiger partial charge in [0.25, 0.3) is 0 Å². The average Bonchev–Trinajstić information content (AvgIpc) is 2.98. The first-order chi connectivity index (χ1) is 7.12. The van der Waals surface area contributed by atoms with Crippen molar-refractivity contribution in [3.8, 4) is 0 Å². The zero-order valence-corrected chi connectivity index (χ0v) is 9.88. The summed E-state index contributed by atoms with van der Waals surface area (Å²) in [7, 11) is 0. The van der Waals surface area contributed by atoms with Gasteiger partial charge in [0, 0.05) is 12.7 Å². The summed E-state index contributed by atoms with van der Waals surface area (Å²) in [6, 6.07) is 4.16. The van der Waals surface area contributed by atoms with Gasteiger partial charge in [0.15, 0.2) is 0 Å². The van der Waals surface area contributed by atoms with Crippen LogP contribution in [0.25, 0.3) is 0 Å². The predicted molar refractivity (Wildman–Crippen MR) is 64.0 cm³/mol. The van der Waals surface area contributed by atoms with E-state index in [0.29, 0.717) is 5.41 Å². The lowest BCUT2D eigenvalue weighted by molar-refractivity contribution is 0.380. The Morgan fingerprint density at radius 1 is 1.40 bits per heavy atom. The molecule has 1 fully saturated rings. The molecule has 0 aliphatic heterocycles. The molecule has 1 heterocycles. The van der Waals surface area contributed by atoms with Gasteiger partial charge in [-0.05, 0) is 42.7 Å². The molecule has 2 rings (SSSR count). The highest BCUT2D eigenvalue weighted by atomic mass is 15.0. The Balaban J connectivity index is 1.91. The van der Waals surface area contributed by atoms with Crippen LogP contribution in [0.4, 0.5) is 5.82 Å². The number of aryl methyl sites for hydroxylation is 1. The van der Waals surface area contributed by atoms with Gasteiger partial charge in [-0.1, -0.05) is 19.9 Å². The maximum Gasteiger partial charge on any atom is 0.125 e. The van der Waals surface area contributed by atoms with E-state index in [0.717, 1.165) is 18.3 Å². The predicted octanol–water partition coefficient (Wildman–Crippen LogP) is 3.24. The molecular weight excluding hydrogens is 184 g/mol. The second-order valence-corrected chi connectivity index (χ2v) is 5.09. The van der Waals surface area contributed by atoms with E-state index in [9.17, 15) is 0 Å². The van der Waals surface area contributed by atoms with Crippen molar-refractivity contribution in [2.45, 2.75) is 33.6 Å². The lowest BCUT2D eigenvalue weighted by Gasteiger charge is -2.20. The molecule has 1 N–H and O–H groups in total. The summed E-state index contributed by atoms with van der Waals surface area (Å²) in [6.45, 7) is 7.77. The molecule has 0 bridgehead atoms. The first kappa shape index (κ1) is 10.5. The van der Waals surface area contributed by atoms with E-state index in [2.05, 4.69) is 43.2 Å². The van der Waals surface area contributed by atoms with Crippen molar-refractivity contribution in [2.75, 3.05) is 11.9 Å². The number of rotatable bonds is 4. The van der Waals surface area contributed by atoms with Gasteiger partial charge in [-0.2, -0.15) is 0 Å². The maximum atomic E-state index is 4.36. The number of hydrogen-bond donors (Lipinski definition) is 1. The number of pyridine rings is 1. The smallest absolute Gasteiger partial charge is 0.125 e. The fourth-order valence-corrected chi connectivity index (χ4v) is 1.96. The van der Waals surface area contributed by atoms with Crippen molar-refractivity contribution in [3.63, 3.8) is 0 Å². The van der Waals surface area contributed by atoms with Crippen LogP contribution in [0.1, 0.15) is 32.3 Å². The van der Waals surface area contributed by atoms with E-state index in [4.69, 9.17) is 0 Å². The van der Waals surface area contributed by atoms with Crippen LogP contribution < -0.4 is 5.32 Å². The zero-order chi connectivity index (χ0) is 10.9. The standard InChI is InChI=1S/C13H20N2/c1-10(2)13(6-7-13)9-15-12-5-4-11(3)8-14-12/h4-5,8,10H,6-7,9H2,1-3H3,(H,14,15). The molecule has 0 atom stereocenters. The molecule has 0 saturated heterocycles. The Hall–Kier alpha value is -1.05. The Morgan fingerprint density at radius 2 is 2.13 bits per heavy atom. The molecule has 82 valence electrons. The third-order valence-electron chi connectivity index (χ3n) is 3.65. The van der Waals surface area contributed by atoms with Gasteiger partial charge in [0.1, 0.15) is 5.82 Å². The molecule has 1 aliphatic carbocycles. The number of anilines is 1. The van der Waals surface area contributed by atoms with Crippen LogP contribution in [0.5, 0.6) is 0 Å². The largest absolute Gasteiger partial charge is 0.370 e. The van der Waals surface area contributed by atoms with E-state index in [1.807, 2.05) is 6.20 Å². The average molecular weight is 204 g/mol. The minimum Gasteiger partial charge on any atom is -0.370 e. The van der Waals surface area contributed by atoms with Crippen LogP contribution >= 0.6 is 0 Å². The Labute approximate surface area is 92.1 Å². The van der Waals surface area contributed by atoms with Crippen LogP contribution in [0.2, 0.25) is 0 Å². The molecular formula is C13H20N2. The summed E-state index contributed by atoms with van der Waals surface area (Å²) in [6.07, 6.45) is 4.64. The normalized spacial score (nSPS) is 17.9. The second kappa shape index (κ2) is 3.84. The SMILES string of the molecule is Cc1ccc(NCC2(C(C)C)CC2)nc1. The fraction of sp³-hybridized carbons (Fsp3) is 0.615. The summed E-state index contributed by atoms with van der Waals surface area (Å²) < 4.78 is 0. The van der Waals surface area contributed by atoms with Crippen LogP contribution in [-0.4, -0.2) is 11.5 Å². The van der Waals surface area contributed by atoms with Gasteiger partial charge in [-0.15, -0.1) is 0 Å². The van der Waals surface area contributed by atoms with Crippen molar-refractivity contribution in [1.82, 2.24) is 4.98 Å². The van der Waals surface area contributed by atoms with Crippen LogP contribution in [0, 0.1) is 18.3 Å². The highest BCUT2D eigenvalue weighted by Gasteiger charge is 2.44. The Bertz CT molecular complexity index is 323. The molecule has 0 spiro atoms. The van der Waals surface area contributed by atoms with Gasteiger partial charge in [0.2, 0.25) is 0 Å². The number of aromatic nitrogens is 1. The molecule has 1 aromatic heterocycles. The maximum absolute atomic E-state index is 4.36. The van der Waals surface area contributed by atoms with Gasteiger partial charge in [-0.3, -0.25) is 0 Å². The summed E-state index contributed by atoms with van der Waals surface area (Å²) in [5.41, 5.74) is 1.76. The molecule has 0 unspecified atom stereocenters. The molecule has 2 nitrogen and oxygen atoms in total. The quantitative estimate of drug-likeness (QED) is 0.814. The van der Waals surface area contributed by atoms with Crippen molar-refractivity contribution < 1.29 is 0 Å². The summed E-state index contributed by atoms with van der Waals surface area (Å²) in [5.74, 6) is 1.78. The highest BCUT2D eigenvalue weighted by Crippen LogP contribution is 2.51. The number of nitrogens with zero attached hydrogens (tertiary/aromatic N) is 1. The molecule has 0 aromatic carbocycles. The minimum atomic E-state index is 0.548. The second-order valence-electron chi connectivity index (χ2n) is 5.09. The lowest BCUT2D eigenvalue weighted by Crippen LogP contribution is -2.21. The lowest BCUT2D eigenvalue weighted by atomic mass is 9.92. The zero-order valence-electron chi connectivity index (χ0n) is 9.88. The Morgan fingerprint density at radius 3 is 2.60 bits per heavy atom. The van der Waals surface area contributed by atoms with Gasteiger partial charge in [0.05, 0.1) is 0 Å². The minimum absolute atomic E-state index is 0.548. The van der Waals surface area contributed by atoms with Gasteiger partial charge in [-0.25, -0.2) is 4.98 Å². The molecule has 0 amide bonds. The highest BCUT2D eigenvalue weighted by molar-refractivity contribution is 5.36. The van der Waals surface area contributed by atoms with Crippen LogP contribution in [-0.2, 0) is 0 Å². The van der Waals surface area contributed by atoms with Crippen LogP contribution in [0.15, 0.2) is 18.3 Å². The topological polar surface area (TPSA) is 24.9 Å². The number of hydrogen-bond acceptors (Lipinski definition) is 2. The third kappa shape index (κ3) is 2.31. The fourth-order valence-electron chi connectivity index (χ4n) is 1.96. The Kier molecular flexibility index (Phi) is 2.68. The van der Waals surface area contributed by atoms with Crippen molar-refractivity contribution in [3.05, 3.63) is 23.9 Å². The molecule has 15 heavy (non-hydrogen) atoms. The molecule has 1 aromatic rings. The molecule has 0 radical (unpaired) electrons. The first-order valence-corrected chi connectivity index (χ1v) is 5.79. The van der Waals surface area contributed by atoms with E-state index in [1.54, 1.807) is 0 Å². The van der Waals surface area contributed by atoms with Gasteiger partial charge < -0.3 is 5.32 Å². The number of nitrogens with one attached hydrogen (secondary N) is 1. The third-order valence-corrected chi connectivity index (χ3v) is 3.65. The van der Waals surface area contributed by atoms with E-state index in [-0.39, 0.29) is 0 Å². The van der Waals surface area contributed by atoms with Crippen LogP contribution in [0.3, 0.4) is 0 Å². The van der Waals surface area contributed by atoms with Gasteiger partial charge >= 0.3 is 0 Å². The van der Waals surface area contributed by atoms with Crippen molar-refractivity contribution in [1.29, 1.82) is 0 Å². The first-order valence-electron chi connectivity index (χ1n) is 5.79. The molecule has 2 heteroatoms. The van der Waals surface area contributed by atoms with E-state index >= 15 is 0 Å². The summed E-state index contributed by atoms with van der Waals surface area (Å²) >= 11 is 0. The van der Waals surface area contributed by atoms with E-state index in [1.165, 1.54) is 18.4 Å². The van der Waals surface area contributed by atoms with Crippen molar-refractivity contribution in [2.24, 2.45) is 11.3 Å². The molecule has 1 aliphatic rings. The summed E-state index contributed by atoms with van der Waals surface area (Å²) in [4.78, 5) is 4.36. The summed E-state index contributed by atoms with van der Waals surface area (Å²) in [5, 5.41) is 3.44. The monoisotopic (exact) mass is 204 g/mol. The molecule has 1 saturated carbocycles. The van der Waals surface area contributed by atoms with Crippen molar-refractivity contribution >= 4 is 5.82 Å².